The number of hydrogen-bond donors (Lipinski definition) is 3. The molecule has 98 valence electrons. The van der Waals surface area contributed by atoms with Crippen LogP contribution in [0.25, 0.3) is 0 Å². The minimum Gasteiger partial charge on any atom is -0.481 e. The third-order valence-electron chi connectivity index (χ3n) is 3.06. The molecule has 1 saturated carbocycles. The highest BCUT2D eigenvalue weighted by molar-refractivity contribution is 7.99. The molecule has 0 radical (unpaired) electrons. The molecular weight excluding hydrogens is 240 g/mol. The molecule has 0 aromatic rings. The van der Waals surface area contributed by atoms with Gasteiger partial charge in [-0.1, -0.05) is 13.3 Å². The number of carbonyl (C=O) groups excluding carboxylic acids is 1. The smallest absolute Gasteiger partial charge is 0.315 e. The minimum atomic E-state index is -0.895. The highest BCUT2D eigenvalue weighted by Gasteiger charge is 2.27. The molecule has 0 spiro atoms. The van der Waals surface area contributed by atoms with E-state index in [1.165, 1.54) is 0 Å². The van der Waals surface area contributed by atoms with Gasteiger partial charge in [-0.15, -0.1) is 0 Å². The fourth-order valence-electron chi connectivity index (χ4n) is 1.93. The molecule has 6 heteroatoms. The Balaban J connectivity index is 2.27. The van der Waals surface area contributed by atoms with E-state index in [-0.39, 0.29) is 18.6 Å². The van der Waals surface area contributed by atoms with E-state index in [2.05, 4.69) is 16.9 Å². The number of hydrogen-bond acceptors (Lipinski definition) is 3. The summed E-state index contributed by atoms with van der Waals surface area (Å²) in [6, 6.07) is -0.0471. The lowest BCUT2D eigenvalue weighted by atomic mass is 10.2. The summed E-state index contributed by atoms with van der Waals surface area (Å²) in [6.07, 6.45) is 5.34. The second-order valence-corrected chi connectivity index (χ2v) is 5.48. The van der Waals surface area contributed by atoms with Crippen molar-refractivity contribution in [2.45, 2.75) is 37.5 Å². The van der Waals surface area contributed by atoms with Crippen molar-refractivity contribution in [2.75, 3.05) is 12.8 Å². The fourth-order valence-corrected chi connectivity index (χ4v) is 2.86. The van der Waals surface area contributed by atoms with E-state index in [0.29, 0.717) is 5.25 Å². The minimum absolute atomic E-state index is 0.165. The molecular formula is C11H20N2O3S. The van der Waals surface area contributed by atoms with Crippen molar-refractivity contribution in [3.63, 3.8) is 0 Å². The van der Waals surface area contributed by atoms with Gasteiger partial charge < -0.3 is 15.7 Å². The van der Waals surface area contributed by atoms with Gasteiger partial charge in [-0.3, -0.25) is 4.79 Å². The van der Waals surface area contributed by atoms with Gasteiger partial charge in [0.25, 0.3) is 0 Å². The van der Waals surface area contributed by atoms with E-state index >= 15 is 0 Å². The van der Waals surface area contributed by atoms with E-state index in [1.54, 1.807) is 18.7 Å². The molecule has 3 atom stereocenters. The molecule has 0 heterocycles. The Morgan fingerprint density at radius 2 is 2.18 bits per heavy atom. The van der Waals surface area contributed by atoms with Crippen LogP contribution >= 0.6 is 11.8 Å². The Kier molecular flexibility index (Phi) is 5.61. The van der Waals surface area contributed by atoms with Gasteiger partial charge in [0, 0.05) is 17.8 Å². The molecule has 1 aliphatic carbocycles. The first-order valence-corrected chi connectivity index (χ1v) is 7.13. The number of carbonyl (C=O) groups is 2. The van der Waals surface area contributed by atoms with Gasteiger partial charge >= 0.3 is 12.0 Å². The molecule has 1 aliphatic rings. The van der Waals surface area contributed by atoms with Gasteiger partial charge in [-0.25, -0.2) is 4.79 Å². The lowest BCUT2D eigenvalue weighted by molar-refractivity contribution is -0.140. The number of carboxylic acid groups (broad SMARTS) is 1. The first kappa shape index (κ1) is 14.2. The topological polar surface area (TPSA) is 78.4 Å². The zero-order valence-electron chi connectivity index (χ0n) is 10.2. The lowest BCUT2D eigenvalue weighted by Crippen LogP contribution is -2.46. The summed E-state index contributed by atoms with van der Waals surface area (Å²) < 4.78 is 0. The molecule has 0 bridgehead atoms. The van der Waals surface area contributed by atoms with Crippen LogP contribution in [0.3, 0.4) is 0 Å². The van der Waals surface area contributed by atoms with Crippen LogP contribution in [0.4, 0.5) is 4.79 Å². The van der Waals surface area contributed by atoms with E-state index in [1.807, 2.05) is 0 Å². The van der Waals surface area contributed by atoms with Crippen LogP contribution in [-0.2, 0) is 4.79 Å². The van der Waals surface area contributed by atoms with Crippen molar-refractivity contribution >= 4 is 23.8 Å². The predicted molar refractivity (Wildman–Crippen MR) is 68.3 cm³/mol. The molecule has 3 unspecified atom stereocenters. The highest BCUT2D eigenvalue weighted by Crippen LogP contribution is 2.28. The molecule has 1 fully saturated rings. The van der Waals surface area contributed by atoms with Crippen molar-refractivity contribution in [1.82, 2.24) is 10.6 Å². The number of rotatable bonds is 5. The maximum absolute atomic E-state index is 11.6. The zero-order chi connectivity index (χ0) is 12.8. The Morgan fingerprint density at radius 3 is 2.76 bits per heavy atom. The van der Waals surface area contributed by atoms with Crippen LogP contribution in [0.2, 0.25) is 0 Å². The van der Waals surface area contributed by atoms with E-state index in [9.17, 15) is 9.59 Å². The maximum Gasteiger partial charge on any atom is 0.315 e. The van der Waals surface area contributed by atoms with Gasteiger partial charge in [0.15, 0.2) is 0 Å². The second kappa shape index (κ2) is 6.74. The quantitative estimate of drug-likeness (QED) is 0.696. The number of aliphatic carboxylic acids is 1. The van der Waals surface area contributed by atoms with E-state index < -0.39 is 11.9 Å². The Labute approximate surface area is 106 Å². The summed E-state index contributed by atoms with van der Waals surface area (Å²) in [5.41, 5.74) is 0. The monoisotopic (exact) mass is 260 g/mol. The summed E-state index contributed by atoms with van der Waals surface area (Å²) in [6.45, 7) is 1.74. The molecule has 0 aromatic heterocycles. The zero-order valence-corrected chi connectivity index (χ0v) is 11.0. The van der Waals surface area contributed by atoms with Crippen LogP contribution in [0.15, 0.2) is 0 Å². The molecule has 0 aromatic carbocycles. The maximum atomic E-state index is 11.6. The molecule has 5 nitrogen and oxygen atoms in total. The average molecular weight is 260 g/mol. The van der Waals surface area contributed by atoms with Gasteiger partial charge in [-0.2, -0.15) is 11.8 Å². The molecule has 3 N–H and O–H groups in total. The van der Waals surface area contributed by atoms with Crippen LogP contribution in [0, 0.1) is 5.92 Å². The van der Waals surface area contributed by atoms with E-state index in [4.69, 9.17) is 5.11 Å². The first-order chi connectivity index (χ1) is 8.04. The Morgan fingerprint density at radius 1 is 1.47 bits per heavy atom. The third-order valence-corrected chi connectivity index (χ3v) is 4.23. The first-order valence-electron chi connectivity index (χ1n) is 5.84. The van der Waals surface area contributed by atoms with Crippen LogP contribution in [0.5, 0.6) is 0 Å². The molecule has 2 amide bonds. The van der Waals surface area contributed by atoms with Crippen molar-refractivity contribution in [1.29, 1.82) is 0 Å². The molecule has 0 saturated heterocycles. The second-order valence-electron chi connectivity index (χ2n) is 4.41. The Bertz CT molecular complexity index is 286. The largest absolute Gasteiger partial charge is 0.481 e. The van der Waals surface area contributed by atoms with Crippen molar-refractivity contribution in [2.24, 2.45) is 5.92 Å². The summed E-state index contributed by atoms with van der Waals surface area (Å²) in [5, 5.41) is 14.7. The van der Waals surface area contributed by atoms with Gasteiger partial charge in [0.1, 0.15) is 0 Å². The fraction of sp³-hybridized carbons (Fsp3) is 0.818. The average Bonchev–Trinajstić information content (AvgIpc) is 2.72. The van der Waals surface area contributed by atoms with Crippen LogP contribution in [0.1, 0.15) is 26.2 Å². The third kappa shape index (κ3) is 4.46. The molecule has 1 rings (SSSR count). The number of carboxylic acids is 1. The number of nitrogens with one attached hydrogen (secondary N) is 2. The SMILES string of the molecule is CSC1CCCC1NC(=O)NCC(C)C(=O)O. The summed E-state index contributed by atoms with van der Waals surface area (Å²) in [7, 11) is 0. The molecule has 17 heavy (non-hydrogen) atoms. The van der Waals surface area contributed by atoms with Crippen molar-refractivity contribution < 1.29 is 14.7 Å². The van der Waals surface area contributed by atoms with Gasteiger partial charge in [0.2, 0.25) is 0 Å². The number of amides is 2. The highest BCUT2D eigenvalue weighted by atomic mass is 32.2. The summed E-state index contributed by atoms with van der Waals surface area (Å²) in [4.78, 5) is 22.1. The predicted octanol–water partition coefficient (Wildman–Crippen LogP) is 1.29. The van der Waals surface area contributed by atoms with Crippen LogP contribution < -0.4 is 10.6 Å². The summed E-state index contributed by atoms with van der Waals surface area (Å²) in [5.74, 6) is -1.45. The van der Waals surface area contributed by atoms with Gasteiger partial charge in [-0.05, 0) is 19.1 Å². The standard InChI is InChI=1S/C11H20N2O3S/c1-7(10(14)15)6-12-11(16)13-8-4-3-5-9(8)17-2/h7-9H,3-6H2,1-2H3,(H,14,15)(H2,12,13,16). The van der Waals surface area contributed by atoms with Crippen molar-refractivity contribution in [3.8, 4) is 0 Å². The lowest BCUT2D eigenvalue weighted by Gasteiger charge is -2.19. The van der Waals surface area contributed by atoms with Gasteiger partial charge in [0.05, 0.1) is 5.92 Å². The number of urea groups is 1. The molecule has 0 aliphatic heterocycles. The number of thioether (sulfide) groups is 1. The van der Waals surface area contributed by atoms with Crippen molar-refractivity contribution in [3.05, 3.63) is 0 Å². The normalized spacial score (nSPS) is 25.3. The van der Waals surface area contributed by atoms with Crippen LogP contribution in [-0.4, -0.2) is 41.2 Å². The Hall–Kier alpha value is -0.910. The van der Waals surface area contributed by atoms with E-state index in [0.717, 1.165) is 19.3 Å². The summed E-state index contributed by atoms with van der Waals surface area (Å²) >= 11 is 1.78.